The highest BCUT2D eigenvalue weighted by Gasteiger charge is 2.23. The highest BCUT2D eigenvalue weighted by molar-refractivity contribution is 7.99. The fourth-order valence-corrected chi connectivity index (χ4v) is 5.14. The second-order valence-electron chi connectivity index (χ2n) is 8.20. The predicted octanol–water partition coefficient (Wildman–Crippen LogP) is 4.22. The first-order valence-corrected chi connectivity index (χ1v) is 11.6. The minimum Gasteiger partial charge on any atom is -0.342 e. The van der Waals surface area contributed by atoms with E-state index in [1.54, 1.807) is 12.1 Å². The first-order valence-electron chi connectivity index (χ1n) is 10.6. The highest BCUT2D eigenvalue weighted by Crippen LogP contribution is 2.27. The predicted molar refractivity (Wildman–Crippen MR) is 120 cm³/mol. The molecule has 0 spiro atoms. The molecule has 5 rings (SSSR count). The van der Waals surface area contributed by atoms with Crippen LogP contribution >= 0.6 is 11.8 Å². The maximum absolute atomic E-state index is 13.3. The number of hydrogen-bond acceptors (Lipinski definition) is 4. The zero-order valence-electron chi connectivity index (χ0n) is 17.4. The lowest BCUT2D eigenvalue weighted by Crippen LogP contribution is -2.40. The molecule has 2 aromatic heterocycles. The van der Waals surface area contributed by atoms with Crippen LogP contribution in [0, 0.1) is 11.7 Å². The van der Waals surface area contributed by atoms with E-state index >= 15 is 0 Å². The molecule has 0 saturated carbocycles. The number of piperidine rings is 1. The van der Waals surface area contributed by atoms with E-state index in [2.05, 4.69) is 21.7 Å². The van der Waals surface area contributed by atoms with Gasteiger partial charge in [0.25, 0.3) is 0 Å². The Balaban J connectivity index is 1.44. The molecule has 160 valence electrons. The number of halogens is 1. The molecule has 4 aromatic rings. The van der Waals surface area contributed by atoms with E-state index in [1.807, 2.05) is 33.6 Å². The minimum atomic E-state index is -0.250. The molecule has 1 atom stereocenters. The minimum absolute atomic E-state index is 0.156. The van der Waals surface area contributed by atoms with Gasteiger partial charge in [0, 0.05) is 13.1 Å². The van der Waals surface area contributed by atoms with Crippen LogP contribution in [0.1, 0.15) is 25.3 Å². The van der Waals surface area contributed by atoms with Gasteiger partial charge in [-0.1, -0.05) is 43.0 Å². The summed E-state index contributed by atoms with van der Waals surface area (Å²) in [4.78, 5) is 14.7. The lowest BCUT2D eigenvalue weighted by Gasteiger charge is -2.30. The summed E-state index contributed by atoms with van der Waals surface area (Å²) in [5.74, 6) is 1.54. The van der Waals surface area contributed by atoms with E-state index < -0.39 is 0 Å². The van der Waals surface area contributed by atoms with E-state index in [0.29, 0.717) is 29.1 Å². The number of thioether (sulfide) groups is 1. The van der Waals surface area contributed by atoms with Gasteiger partial charge >= 0.3 is 0 Å². The van der Waals surface area contributed by atoms with Crippen molar-refractivity contribution in [1.29, 1.82) is 0 Å². The van der Waals surface area contributed by atoms with Crippen molar-refractivity contribution >= 4 is 34.5 Å². The van der Waals surface area contributed by atoms with Gasteiger partial charge in [-0.2, -0.15) is 0 Å². The molecule has 1 amide bonds. The number of hydrogen-bond donors (Lipinski definition) is 0. The smallest absolute Gasteiger partial charge is 0.237 e. The van der Waals surface area contributed by atoms with Gasteiger partial charge in [0.2, 0.25) is 11.7 Å². The Kier molecular flexibility index (Phi) is 5.40. The van der Waals surface area contributed by atoms with Crippen LogP contribution in [-0.2, 0) is 11.3 Å². The van der Waals surface area contributed by atoms with E-state index in [9.17, 15) is 9.18 Å². The normalized spacial score (nSPS) is 17.0. The molecule has 1 fully saturated rings. The van der Waals surface area contributed by atoms with Crippen molar-refractivity contribution in [1.82, 2.24) is 24.1 Å². The van der Waals surface area contributed by atoms with Crippen LogP contribution in [0.5, 0.6) is 0 Å². The Bertz CT molecular complexity index is 1230. The molecule has 1 aliphatic rings. The number of fused-ring (bicyclic) bond motifs is 3. The van der Waals surface area contributed by atoms with Crippen LogP contribution in [0.2, 0.25) is 0 Å². The third-order valence-corrected chi connectivity index (χ3v) is 6.77. The summed E-state index contributed by atoms with van der Waals surface area (Å²) in [6.07, 6.45) is 2.26. The summed E-state index contributed by atoms with van der Waals surface area (Å²) in [5.41, 5.74) is 3.00. The van der Waals surface area contributed by atoms with Crippen molar-refractivity contribution in [2.75, 3.05) is 18.8 Å². The first-order chi connectivity index (χ1) is 15.1. The highest BCUT2D eigenvalue weighted by atomic mass is 32.2. The van der Waals surface area contributed by atoms with Crippen LogP contribution in [0.3, 0.4) is 0 Å². The Labute approximate surface area is 184 Å². The largest absolute Gasteiger partial charge is 0.342 e. The molecule has 3 heterocycles. The van der Waals surface area contributed by atoms with E-state index in [0.717, 1.165) is 36.1 Å². The van der Waals surface area contributed by atoms with Gasteiger partial charge in [-0.25, -0.2) is 4.39 Å². The molecule has 8 heteroatoms. The molecule has 31 heavy (non-hydrogen) atoms. The molecule has 1 aliphatic heterocycles. The standard InChI is InChI=1S/C23H24FN5OS/c1-16-5-4-12-27(13-16)21(30)15-31-23-26-25-22-28(14-17-8-10-18(24)11-9-17)19-6-2-3-7-20(19)29(22)23/h2-3,6-11,16H,4-5,12-15H2,1H3. The van der Waals surface area contributed by atoms with Gasteiger partial charge in [-0.15, -0.1) is 10.2 Å². The number of carbonyl (C=O) groups is 1. The monoisotopic (exact) mass is 437 g/mol. The third-order valence-electron chi connectivity index (χ3n) is 5.86. The van der Waals surface area contributed by atoms with Gasteiger partial charge in [-0.05, 0) is 48.6 Å². The Hall–Kier alpha value is -2.87. The Morgan fingerprint density at radius 3 is 2.68 bits per heavy atom. The number of nitrogens with zero attached hydrogens (tertiary/aromatic N) is 5. The van der Waals surface area contributed by atoms with E-state index in [1.165, 1.54) is 30.3 Å². The average molecular weight is 438 g/mol. The van der Waals surface area contributed by atoms with Gasteiger partial charge in [0.05, 0.1) is 23.3 Å². The summed E-state index contributed by atoms with van der Waals surface area (Å²) in [5, 5.41) is 9.52. The van der Waals surface area contributed by atoms with Crippen LogP contribution in [0.4, 0.5) is 4.39 Å². The van der Waals surface area contributed by atoms with Crippen LogP contribution < -0.4 is 0 Å². The van der Waals surface area contributed by atoms with Crippen molar-refractivity contribution < 1.29 is 9.18 Å². The van der Waals surface area contributed by atoms with E-state index in [-0.39, 0.29) is 11.7 Å². The fraction of sp³-hybridized carbons (Fsp3) is 0.348. The summed E-state index contributed by atoms with van der Waals surface area (Å²) in [6.45, 7) is 4.44. The average Bonchev–Trinajstić information content (AvgIpc) is 3.33. The maximum Gasteiger partial charge on any atom is 0.237 e. The van der Waals surface area contributed by atoms with Crippen LogP contribution in [-0.4, -0.2) is 48.8 Å². The number of imidazole rings is 1. The van der Waals surface area contributed by atoms with Crippen molar-refractivity contribution in [2.45, 2.75) is 31.5 Å². The number of benzene rings is 2. The zero-order chi connectivity index (χ0) is 21.4. The number of rotatable bonds is 5. The van der Waals surface area contributed by atoms with Crippen molar-refractivity contribution in [2.24, 2.45) is 5.92 Å². The summed E-state index contributed by atoms with van der Waals surface area (Å²) in [7, 11) is 0. The van der Waals surface area contributed by atoms with Gasteiger partial charge < -0.3 is 9.47 Å². The Morgan fingerprint density at radius 1 is 1.13 bits per heavy atom. The molecular formula is C23H24FN5OS. The first kappa shape index (κ1) is 20.1. The third kappa shape index (κ3) is 3.92. The molecule has 2 aromatic carbocycles. The quantitative estimate of drug-likeness (QED) is 0.439. The second-order valence-corrected chi connectivity index (χ2v) is 9.14. The molecular weight excluding hydrogens is 413 g/mol. The van der Waals surface area contributed by atoms with Gasteiger partial charge in [0.1, 0.15) is 5.82 Å². The summed E-state index contributed by atoms with van der Waals surface area (Å²) in [6, 6.07) is 14.6. The number of carbonyl (C=O) groups excluding carboxylic acids is 1. The SMILES string of the molecule is CC1CCCN(C(=O)CSc2nnc3n(Cc4ccc(F)cc4)c4ccccc4n23)C1. The molecule has 0 N–H and O–H groups in total. The van der Waals surface area contributed by atoms with Crippen molar-refractivity contribution in [3.8, 4) is 0 Å². The van der Waals surface area contributed by atoms with Crippen LogP contribution in [0.25, 0.3) is 16.8 Å². The lowest BCUT2D eigenvalue weighted by molar-refractivity contribution is -0.130. The molecule has 1 unspecified atom stereocenters. The number of para-hydroxylation sites is 2. The number of likely N-dealkylation sites (tertiary alicyclic amines) is 1. The van der Waals surface area contributed by atoms with E-state index in [4.69, 9.17) is 0 Å². The van der Waals surface area contributed by atoms with Gasteiger partial charge in [0.15, 0.2) is 5.16 Å². The zero-order valence-corrected chi connectivity index (χ0v) is 18.2. The Morgan fingerprint density at radius 2 is 1.90 bits per heavy atom. The molecule has 0 radical (unpaired) electrons. The van der Waals surface area contributed by atoms with Crippen molar-refractivity contribution in [3.05, 3.63) is 59.9 Å². The van der Waals surface area contributed by atoms with Crippen molar-refractivity contribution in [3.63, 3.8) is 0 Å². The molecule has 0 bridgehead atoms. The number of aromatic nitrogens is 4. The number of amides is 1. The van der Waals surface area contributed by atoms with Gasteiger partial charge in [-0.3, -0.25) is 9.20 Å². The molecule has 1 saturated heterocycles. The fourth-order valence-electron chi connectivity index (χ4n) is 4.29. The lowest BCUT2D eigenvalue weighted by atomic mass is 10.0. The van der Waals surface area contributed by atoms with Crippen LogP contribution in [0.15, 0.2) is 53.7 Å². The summed E-state index contributed by atoms with van der Waals surface area (Å²) < 4.78 is 17.4. The maximum atomic E-state index is 13.3. The molecule has 0 aliphatic carbocycles. The second kappa shape index (κ2) is 8.34. The summed E-state index contributed by atoms with van der Waals surface area (Å²) >= 11 is 1.43. The molecule has 6 nitrogen and oxygen atoms in total. The topological polar surface area (TPSA) is 55.4 Å².